The molecule has 7 heteroatoms. The minimum Gasteiger partial charge on any atom is -0.395 e. The maximum atomic E-state index is 12.0. The molecule has 0 aliphatic carbocycles. The second kappa shape index (κ2) is 6.10. The summed E-state index contributed by atoms with van der Waals surface area (Å²) in [5, 5.41) is 16.3. The number of carbonyl (C=O) groups is 2. The van der Waals surface area contributed by atoms with Gasteiger partial charge in [0.25, 0.3) is 0 Å². The molecule has 0 atom stereocenters. The Bertz CT molecular complexity index is 844. The van der Waals surface area contributed by atoms with Gasteiger partial charge in [-0.2, -0.15) is 5.10 Å². The number of urea groups is 1. The van der Waals surface area contributed by atoms with E-state index in [0.717, 1.165) is 16.5 Å². The normalized spacial score (nSPS) is 14.6. The molecule has 23 heavy (non-hydrogen) atoms. The summed E-state index contributed by atoms with van der Waals surface area (Å²) in [5.74, 6) is 6.12. The van der Waals surface area contributed by atoms with Gasteiger partial charge in [0.15, 0.2) is 5.82 Å². The lowest BCUT2D eigenvalue weighted by Crippen LogP contribution is -2.49. The summed E-state index contributed by atoms with van der Waals surface area (Å²) >= 11 is 0. The average Bonchev–Trinajstić information content (AvgIpc) is 2.84. The van der Waals surface area contributed by atoms with E-state index in [2.05, 4.69) is 22.3 Å². The van der Waals surface area contributed by atoms with Gasteiger partial charge in [0.05, 0.1) is 12.1 Å². The number of hydrogen-bond acceptors (Lipinski definition) is 4. The number of carbonyl (C=O) groups excluding carboxylic acids is 2. The quantitative estimate of drug-likeness (QED) is 0.801. The number of aryl methyl sites for hydroxylation is 1. The first-order valence-corrected chi connectivity index (χ1v) is 7.28. The van der Waals surface area contributed by atoms with E-state index < -0.39 is 6.03 Å². The van der Waals surface area contributed by atoms with Gasteiger partial charge in [0.1, 0.15) is 0 Å². The molecule has 1 aromatic carbocycles. The minimum atomic E-state index is -0.451. The Labute approximate surface area is 132 Å². The molecule has 0 spiro atoms. The maximum absolute atomic E-state index is 12.0. The lowest BCUT2D eigenvalue weighted by molar-refractivity contribution is -0.120. The van der Waals surface area contributed by atoms with Gasteiger partial charge in [-0.3, -0.25) is 19.7 Å². The van der Waals surface area contributed by atoms with Crippen molar-refractivity contribution in [2.24, 2.45) is 7.05 Å². The van der Waals surface area contributed by atoms with Gasteiger partial charge >= 0.3 is 6.03 Å². The zero-order valence-corrected chi connectivity index (χ0v) is 12.7. The van der Waals surface area contributed by atoms with Crippen molar-refractivity contribution >= 4 is 28.7 Å². The maximum Gasteiger partial charge on any atom is 0.329 e. The van der Waals surface area contributed by atoms with E-state index in [1.807, 2.05) is 18.2 Å². The number of nitrogens with zero attached hydrogens (tertiary/aromatic N) is 3. The first-order chi connectivity index (χ1) is 11.1. The molecule has 3 amide bonds. The highest BCUT2D eigenvalue weighted by molar-refractivity contribution is 6.08. The smallest absolute Gasteiger partial charge is 0.329 e. The van der Waals surface area contributed by atoms with Gasteiger partial charge < -0.3 is 5.11 Å². The molecule has 0 radical (unpaired) electrons. The fraction of sp³-hybridized carbons (Fsp3) is 0.312. The number of aromatic nitrogens is 2. The molecular weight excluding hydrogens is 296 g/mol. The molecule has 2 N–H and O–H groups in total. The second-order valence-electron chi connectivity index (χ2n) is 5.21. The molecule has 1 fully saturated rings. The molecule has 2 heterocycles. The average molecular weight is 312 g/mol. The summed E-state index contributed by atoms with van der Waals surface area (Å²) in [5.41, 5.74) is 1.67. The topological polar surface area (TPSA) is 87.5 Å². The Hall–Kier alpha value is -2.85. The Morgan fingerprint density at radius 3 is 2.96 bits per heavy atom. The molecule has 1 aliphatic heterocycles. The summed E-state index contributed by atoms with van der Waals surface area (Å²) in [6.07, 6.45) is 0.686. The second-order valence-corrected chi connectivity index (χ2v) is 5.21. The highest BCUT2D eigenvalue weighted by Gasteiger charge is 2.27. The molecule has 0 saturated carbocycles. The third kappa shape index (κ3) is 2.89. The third-order valence-corrected chi connectivity index (χ3v) is 3.61. The number of benzene rings is 1. The fourth-order valence-corrected chi connectivity index (χ4v) is 2.50. The van der Waals surface area contributed by atoms with Crippen molar-refractivity contribution < 1.29 is 14.7 Å². The monoisotopic (exact) mass is 312 g/mol. The number of rotatable bonds is 2. The standard InChI is InChI=1S/C16H16N4O3/c1-19-13-10-11(4-2-3-9-21)5-6-12(13)15(18-19)20-8-7-14(22)17-16(20)23/h5-6,10,21H,3,7-9H2,1H3,(H,17,22,23). The molecular formula is C16H16N4O3. The molecule has 0 unspecified atom stereocenters. The van der Waals surface area contributed by atoms with Crippen LogP contribution >= 0.6 is 0 Å². The van der Waals surface area contributed by atoms with Crippen LogP contribution in [0.1, 0.15) is 18.4 Å². The van der Waals surface area contributed by atoms with Gasteiger partial charge in [-0.15, -0.1) is 0 Å². The SMILES string of the molecule is Cn1nc(N2CCC(=O)NC2=O)c2ccc(C#CCCO)cc21. The van der Waals surface area contributed by atoms with Crippen molar-refractivity contribution in [3.05, 3.63) is 23.8 Å². The van der Waals surface area contributed by atoms with Gasteiger partial charge in [-0.05, 0) is 18.2 Å². The van der Waals surface area contributed by atoms with Gasteiger partial charge in [-0.25, -0.2) is 4.79 Å². The van der Waals surface area contributed by atoms with E-state index >= 15 is 0 Å². The van der Waals surface area contributed by atoms with Crippen LogP contribution in [0.5, 0.6) is 0 Å². The zero-order chi connectivity index (χ0) is 16.4. The molecule has 0 bridgehead atoms. The van der Waals surface area contributed by atoms with Crippen LogP contribution in [0.3, 0.4) is 0 Å². The fourth-order valence-electron chi connectivity index (χ4n) is 2.50. The molecule has 1 saturated heterocycles. The Morgan fingerprint density at radius 1 is 1.39 bits per heavy atom. The highest BCUT2D eigenvalue weighted by atomic mass is 16.3. The van der Waals surface area contributed by atoms with Crippen LogP contribution in [-0.2, 0) is 11.8 Å². The summed E-state index contributed by atoms with van der Waals surface area (Å²) in [7, 11) is 1.80. The van der Waals surface area contributed by atoms with E-state index in [1.165, 1.54) is 4.90 Å². The minimum absolute atomic E-state index is 0.0356. The van der Waals surface area contributed by atoms with Gasteiger partial charge in [0.2, 0.25) is 5.91 Å². The van der Waals surface area contributed by atoms with Crippen LogP contribution in [0.2, 0.25) is 0 Å². The van der Waals surface area contributed by atoms with Gasteiger partial charge in [-0.1, -0.05) is 11.8 Å². The van der Waals surface area contributed by atoms with Crippen molar-refractivity contribution in [3.63, 3.8) is 0 Å². The lowest BCUT2D eigenvalue weighted by Gasteiger charge is -2.24. The first-order valence-electron chi connectivity index (χ1n) is 7.28. The van der Waals surface area contributed by atoms with Crippen LogP contribution in [0.25, 0.3) is 10.9 Å². The van der Waals surface area contributed by atoms with Crippen LogP contribution < -0.4 is 10.2 Å². The molecule has 2 aromatic rings. The summed E-state index contributed by atoms with van der Waals surface area (Å²) < 4.78 is 1.69. The third-order valence-electron chi connectivity index (χ3n) is 3.61. The number of aliphatic hydroxyl groups excluding tert-OH is 1. The highest BCUT2D eigenvalue weighted by Crippen LogP contribution is 2.27. The number of nitrogens with one attached hydrogen (secondary N) is 1. The van der Waals surface area contributed by atoms with Crippen LogP contribution in [0, 0.1) is 11.8 Å². The predicted octanol–water partition coefficient (Wildman–Crippen LogP) is 0.754. The number of amides is 3. The molecule has 1 aliphatic rings. The van der Waals surface area contributed by atoms with E-state index in [1.54, 1.807) is 11.7 Å². The van der Waals surface area contributed by atoms with Crippen LogP contribution in [0.15, 0.2) is 18.2 Å². The number of hydrogen-bond donors (Lipinski definition) is 2. The van der Waals surface area contributed by atoms with Crippen molar-refractivity contribution in [1.29, 1.82) is 0 Å². The van der Waals surface area contributed by atoms with Crippen LogP contribution in [-0.4, -0.2) is 40.0 Å². The first kappa shape index (κ1) is 15.1. The van der Waals surface area contributed by atoms with Crippen molar-refractivity contribution in [3.8, 4) is 11.8 Å². The Balaban J connectivity index is 1.99. The van der Waals surface area contributed by atoms with Crippen molar-refractivity contribution in [1.82, 2.24) is 15.1 Å². The lowest BCUT2D eigenvalue weighted by atomic mass is 10.1. The summed E-state index contributed by atoms with van der Waals surface area (Å²) in [6, 6.07) is 5.16. The Morgan fingerprint density at radius 2 is 2.22 bits per heavy atom. The molecule has 1 aromatic heterocycles. The number of fused-ring (bicyclic) bond motifs is 1. The van der Waals surface area contributed by atoms with Gasteiger partial charge in [0, 0.05) is 37.4 Å². The van der Waals surface area contributed by atoms with E-state index in [-0.39, 0.29) is 18.9 Å². The van der Waals surface area contributed by atoms with Crippen molar-refractivity contribution in [2.45, 2.75) is 12.8 Å². The van der Waals surface area contributed by atoms with Crippen LogP contribution in [0.4, 0.5) is 10.6 Å². The number of anilines is 1. The largest absolute Gasteiger partial charge is 0.395 e. The summed E-state index contributed by atoms with van der Waals surface area (Å²) in [4.78, 5) is 24.7. The number of imide groups is 1. The van der Waals surface area contributed by atoms with Crippen molar-refractivity contribution in [2.75, 3.05) is 18.1 Å². The molecule has 118 valence electrons. The number of aliphatic hydroxyl groups is 1. The Kier molecular flexibility index (Phi) is 4.00. The van der Waals surface area contributed by atoms with E-state index in [9.17, 15) is 9.59 Å². The molecule has 7 nitrogen and oxygen atoms in total. The van der Waals surface area contributed by atoms with E-state index in [4.69, 9.17) is 5.11 Å². The summed E-state index contributed by atoms with van der Waals surface area (Å²) in [6.45, 7) is 0.350. The predicted molar refractivity (Wildman–Crippen MR) is 84.8 cm³/mol. The zero-order valence-electron chi connectivity index (χ0n) is 12.7. The van der Waals surface area contributed by atoms with E-state index in [0.29, 0.717) is 18.8 Å². The molecule has 3 rings (SSSR count).